The zero-order chi connectivity index (χ0) is 16.3. The van der Waals surface area contributed by atoms with Crippen LogP contribution in [0.3, 0.4) is 0 Å². The summed E-state index contributed by atoms with van der Waals surface area (Å²) in [6.07, 6.45) is 0. The largest absolute Gasteiger partial charge is 0.374 e. The summed E-state index contributed by atoms with van der Waals surface area (Å²) >= 11 is 5.86. The number of carbonyl (C=O) groups excluding carboxylic acids is 1. The average molecular weight is 317 g/mol. The molecular weight excluding hydrogens is 296 g/mol. The summed E-state index contributed by atoms with van der Waals surface area (Å²) in [5, 5.41) is 6.85. The number of rotatable bonds is 4. The molecule has 116 valence electrons. The Morgan fingerprint density at radius 1 is 1.05 bits per heavy atom. The third-order valence-corrected chi connectivity index (χ3v) is 3.80. The van der Waals surface area contributed by atoms with Gasteiger partial charge in [-0.05, 0) is 63.1 Å². The molecule has 2 N–H and O–H groups in total. The fourth-order valence-electron chi connectivity index (χ4n) is 2.47. The van der Waals surface area contributed by atoms with Crippen LogP contribution in [0, 0.1) is 20.8 Å². The molecule has 4 heteroatoms. The van der Waals surface area contributed by atoms with Crippen LogP contribution in [-0.2, 0) is 4.79 Å². The number of amides is 1. The van der Waals surface area contributed by atoms with Crippen molar-refractivity contribution >= 4 is 28.9 Å². The van der Waals surface area contributed by atoms with Gasteiger partial charge in [0.25, 0.3) is 0 Å². The maximum atomic E-state index is 12.4. The minimum atomic E-state index is -0.346. The normalized spacial score (nSPS) is 11.9. The third kappa shape index (κ3) is 4.01. The lowest BCUT2D eigenvalue weighted by atomic mass is 10.0. The van der Waals surface area contributed by atoms with E-state index in [1.165, 1.54) is 5.56 Å². The highest BCUT2D eigenvalue weighted by molar-refractivity contribution is 6.30. The van der Waals surface area contributed by atoms with Crippen molar-refractivity contribution in [1.82, 2.24) is 0 Å². The highest BCUT2D eigenvalue weighted by Gasteiger charge is 2.15. The van der Waals surface area contributed by atoms with E-state index in [-0.39, 0.29) is 11.9 Å². The van der Waals surface area contributed by atoms with E-state index >= 15 is 0 Å². The van der Waals surface area contributed by atoms with Crippen LogP contribution < -0.4 is 10.6 Å². The van der Waals surface area contributed by atoms with Crippen molar-refractivity contribution in [3.05, 3.63) is 58.1 Å². The van der Waals surface area contributed by atoms with E-state index in [1.807, 2.05) is 32.9 Å². The van der Waals surface area contributed by atoms with Gasteiger partial charge in [-0.2, -0.15) is 0 Å². The molecule has 0 saturated carbocycles. The lowest BCUT2D eigenvalue weighted by Crippen LogP contribution is -2.32. The first-order valence-corrected chi connectivity index (χ1v) is 7.65. The van der Waals surface area contributed by atoms with Crippen LogP contribution in [0.5, 0.6) is 0 Å². The number of nitrogens with one attached hydrogen (secondary N) is 2. The standard InChI is InChI=1S/C18H21ClN2O/c1-11-9-12(2)17(13(3)10-11)21-18(22)14(4)20-16-7-5-15(19)6-8-16/h5-10,14,20H,1-4H3,(H,21,22)/t14-/m0/s1. The molecule has 0 aromatic heterocycles. The van der Waals surface area contributed by atoms with E-state index in [0.29, 0.717) is 5.02 Å². The van der Waals surface area contributed by atoms with Gasteiger partial charge >= 0.3 is 0 Å². The minimum absolute atomic E-state index is 0.0648. The lowest BCUT2D eigenvalue weighted by Gasteiger charge is -2.18. The van der Waals surface area contributed by atoms with E-state index in [9.17, 15) is 4.79 Å². The molecular formula is C18H21ClN2O. The zero-order valence-corrected chi connectivity index (χ0v) is 14.1. The minimum Gasteiger partial charge on any atom is -0.374 e. The molecule has 0 fully saturated rings. The summed E-state index contributed by atoms with van der Waals surface area (Å²) in [6, 6.07) is 11.1. The molecule has 1 amide bonds. The first-order valence-electron chi connectivity index (χ1n) is 7.27. The van der Waals surface area contributed by atoms with Crippen molar-refractivity contribution < 1.29 is 4.79 Å². The molecule has 0 heterocycles. The predicted octanol–water partition coefficient (Wildman–Crippen LogP) is 4.70. The number of halogens is 1. The van der Waals surface area contributed by atoms with Gasteiger partial charge in [0.05, 0.1) is 0 Å². The van der Waals surface area contributed by atoms with E-state index in [0.717, 1.165) is 22.5 Å². The Morgan fingerprint density at radius 3 is 2.14 bits per heavy atom. The number of hydrogen-bond acceptors (Lipinski definition) is 2. The Kier molecular flexibility index (Phi) is 5.09. The van der Waals surface area contributed by atoms with Gasteiger partial charge < -0.3 is 10.6 Å². The molecule has 0 unspecified atom stereocenters. The summed E-state index contributed by atoms with van der Waals surface area (Å²) in [5.74, 6) is -0.0648. The first kappa shape index (κ1) is 16.4. The van der Waals surface area contributed by atoms with Crippen LogP contribution in [0.1, 0.15) is 23.6 Å². The predicted molar refractivity (Wildman–Crippen MR) is 93.8 cm³/mol. The number of benzene rings is 2. The molecule has 22 heavy (non-hydrogen) atoms. The van der Waals surface area contributed by atoms with Gasteiger partial charge in [-0.25, -0.2) is 0 Å². The molecule has 0 aliphatic carbocycles. The second-order valence-electron chi connectivity index (χ2n) is 5.64. The third-order valence-electron chi connectivity index (χ3n) is 3.55. The Hall–Kier alpha value is -2.00. The molecule has 0 aliphatic heterocycles. The average Bonchev–Trinajstić information content (AvgIpc) is 2.45. The molecule has 2 aromatic rings. The summed E-state index contributed by atoms with van der Waals surface area (Å²) in [6.45, 7) is 7.90. The Balaban J connectivity index is 2.07. The maximum absolute atomic E-state index is 12.4. The van der Waals surface area contributed by atoms with Crippen molar-refractivity contribution in [2.45, 2.75) is 33.7 Å². The van der Waals surface area contributed by atoms with Crippen LogP contribution in [0.2, 0.25) is 5.02 Å². The van der Waals surface area contributed by atoms with Crippen molar-refractivity contribution in [3.8, 4) is 0 Å². The lowest BCUT2D eigenvalue weighted by molar-refractivity contribution is -0.116. The molecule has 0 spiro atoms. The van der Waals surface area contributed by atoms with Crippen LogP contribution >= 0.6 is 11.6 Å². The van der Waals surface area contributed by atoms with Gasteiger partial charge in [-0.3, -0.25) is 4.79 Å². The molecule has 3 nitrogen and oxygen atoms in total. The van der Waals surface area contributed by atoms with E-state index in [2.05, 4.69) is 29.7 Å². The molecule has 1 atom stereocenters. The number of carbonyl (C=O) groups is 1. The molecule has 0 saturated heterocycles. The fraction of sp³-hybridized carbons (Fsp3) is 0.278. The number of hydrogen-bond donors (Lipinski definition) is 2. The molecule has 2 rings (SSSR count). The SMILES string of the molecule is Cc1cc(C)c(NC(=O)[C@H](C)Nc2ccc(Cl)cc2)c(C)c1. The van der Waals surface area contributed by atoms with Crippen molar-refractivity contribution in [1.29, 1.82) is 0 Å². The summed E-state index contributed by atoms with van der Waals surface area (Å²) < 4.78 is 0. The van der Waals surface area contributed by atoms with E-state index in [1.54, 1.807) is 12.1 Å². The summed E-state index contributed by atoms with van der Waals surface area (Å²) in [7, 11) is 0. The molecule has 0 aliphatic rings. The van der Waals surface area contributed by atoms with Gasteiger partial charge in [-0.15, -0.1) is 0 Å². The maximum Gasteiger partial charge on any atom is 0.246 e. The van der Waals surface area contributed by atoms with Gasteiger partial charge in [0.15, 0.2) is 0 Å². The number of anilines is 2. The second-order valence-corrected chi connectivity index (χ2v) is 6.07. The van der Waals surface area contributed by atoms with Crippen molar-refractivity contribution in [3.63, 3.8) is 0 Å². The van der Waals surface area contributed by atoms with Gasteiger partial charge in [0.2, 0.25) is 5.91 Å². The Morgan fingerprint density at radius 2 is 1.59 bits per heavy atom. The fourth-order valence-corrected chi connectivity index (χ4v) is 2.60. The van der Waals surface area contributed by atoms with E-state index in [4.69, 9.17) is 11.6 Å². The monoisotopic (exact) mass is 316 g/mol. The van der Waals surface area contributed by atoms with Crippen LogP contribution in [0.15, 0.2) is 36.4 Å². The smallest absolute Gasteiger partial charge is 0.246 e. The van der Waals surface area contributed by atoms with Crippen molar-refractivity contribution in [2.24, 2.45) is 0 Å². The first-order chi connectivity index (χ1) is 10.4. The van der Waals surface area contributed by atoms with Gasteiger partial charge in [0, 0.05) is 16.4 Å². The summed E-state index contributed by atoms with van der Waals surface area (Å²) in [5.41, 5.74) is 5.10. The van der Waals surface area contributed by atoms with Crippen molar-refractivity contribution in [2.75, 3.05) is 10.6 Å². The molecule has 0 bridgehead atoms. The second kappa shape index (κ2) is 6.84. The van der Waals surface area contributed by atoms with Crippen LogP contribution in [-0.4, -0.2) is 11.9 Å². The highest BCUT2D eigenvalue weighted by atomic mass is 35.5. The Bertz CT molecular complexity index is 657. The topological polar surface area (TPSA) is 41.1 Å². The number of aryl methyl sites for hydroxylation is 3. The van der Waals surface area contributed by atoms with Gasteiger partial charge in [0.1, 0.15) is 6.04 Å². The van der Waals surface area contributed by atoms with Gasteiger partial charge in [-0.1, -0.05) is 29.3 Å². The molecule has 0 radical (unpaired) electrons. The zero-order valence-electron chi connectivity index (χ0n) is 13.3. The van der Waals surface area contributed by atoms with Crippen LogP contribution in [0.25, 0.3) is 0 Å². The quantitative estimate of drug-likeness (QED) is 0.858. The van der Waals surface area contributed by atoms with E-state index < -0.39 is 0 Å². The summed E-state index contributed by atoms with van der Waals surface area (Å²) in [4.78, 5) is 12.4. The Labute approximate surface area is 136 Å². The highest BCUT2D eigenvalue weighted by Crippen LogP contribution is 2.22. The van der Waals surface area contributed by atoms with Crippen LogP contribution in [0.4, 0.5) is 11.4 Å². The molecule has 2 aromatic carbocycles.